The van der Waals surface area contributed by atoms with Gasteiger partial charge in [-0.25, -0.2) is 17.2 Å². The minimum absolute atomic E-state index is 0.0118. The molecule has 0 aliphatic carbocycles. The molecule has 0 saturated heterocycles. The number of rotatable bonds is 13. The van der Waals surface area contributed by atoms with Crippen LogP contribution in [0.2, 0.25) is 0 Å². The van der Waals surface area contributed by atoms with Crippen LogP contribution in [0.1, 0.15) is 37.8 Å². The normalized spacial score (nSPS) is 12.2. The van der Waals surface area contributed by atoms with Crippen LogP contribution < -0.4 is 9.62 Å². The molecular weight excluding hydrogens is 536 g/mol. The summed E-state index contributed by atoms with van der Waals surface area (Å²) in [6.07, 6.45) is 1.42. The minimum Gasteiger partial charge on any atom is -0.352 e. The first-order valence-corrected chi connectivity index (χ1v) is 14.9. The van der Waals surface area contributed by atoms with Crippen LogP contribution in [-0.2, 0) is 32.6 Å². The Hall–Kier alpha value is -3.79. The molecule has 0 aromatic heterocycles. The first kappa shape index (κ1) is 30.7. The molecule has 2 amide bonds. The van der Waals surface area contributed by atoms with Crippen LogP contribution in [0.25, 0.3) is 0 Å². The number of nitrogens with one attached hydrogen (secondary N) is 1. The van der Waals surface area contributed by atoms with E-state index in [9.17, 15) is 26.8 Å². The fraction of sp³-hybridized carbons (Fsp3) is 0.333. The molecule has 0 bridgehead atoms. The highest BCUT2D eigenvalue weighted by molar-refractivity contribution is 7.92. The molecule has 10 heteroatoms. The van der Waals surface area contributed by atoms with Crippen molar-refractivity contribution in [3.8, 4) is 0 Å². The van der Waals surface area contributed by atoms with Gasteiger partial charge in [0.2, 0.25) is 21.8 Å². The van der Waals surface area contributed by atoms with E-state index in [2.05, 4.69) is 5.32 Å². The van der Waals surface area contributed by atoms with Gasteiger partial charge in [-0.1, -0.05) is 42.5 Å². The van der Waals surface area contributed by atoms with Crippen LogP contribution in [-0.4, -0.2) is 50.0 Å². The van der Waals surface area contributed by atoms with E-state index in [1.807, 2.05) is 44.2 Å². The van der Waals surface area contributed by atoms with Crippen LogP contribution in [0, 0.1) is 11.6 Å². The molecule has 3 rings (SSSR count). The SMILES string of the molecule is CC(C)NC(=O)[C@@H](Cc1ccccc1)N(Cc1ccc(F)cc1)C(=O)CCCN(c1ccc(F)cc1)S(C)(=O)=O. The van der Waals surface area contributed by atoms with Gasteiger partial charge in [0.25, 0.3) is 0 Å². The summed E-state index contributed by atoms with van der Waals surface area (Å²) in [6.45, 7) is 3.72. The number of nitrogens with zero attached hydrogens (tertiary/aromatic N) is 2. The summed E-state index contributed by atoms with van der Waals surface area (Å²) in [5.41, 5.74) is 1.80. The molecule has 0 radical (unpaired) electrons. The average Bonchev–Trinajstić information content (AvgIpc) is 2.90. The van der Waals surface area contributed by atoms with Crippen molar-refractivity contribution in [3.05, 3.63) is 102 Å². The van der Waals surface area contributed by atoms with Gasteiger partial charge in [0.15, 0.2) is 0 Å². The summed E-state index contributed by atoms with van der Waals surface area (Å²) in [4.78, 5) is 28.6. The molecule has 0 spiro atoms. The zero-order valence-corrected chi connectivity index (χ0v) is 23.7. The number of benzene rings is 3. The van der Waals surface area contributed by atoms with Crippen molar-refractivity contribution >= 4 is 27.5 Å². The second-order valence-corrected chi connectivity index (χ2v) is 11.8. The lowest BCUT2D eigenvalue weighted by Gasteiger charge is -2.32. The third-order valence-electron chi connectivity index (χ3n) is 6.23. The fourth-order valence-electron chi connectivity index (χ4n) is 4.33. The van der Waals surface area contributed by atoms with Crippen LogP contribution in [0.5, 0.6) is 0 Å². The van der Waals surface area contributed by atoms with E-state index in [0.717, 1.165) is 16.1 Å². The van der Waals surface area contributed by atoms with Crippen LogP contribution >= 0.6 is 0 Å². The van der Waals surface area contributed by atoms with E-state index in [1.165, 1.54) is 41.3 Å². The number of sulfonamides is 1. The van der Waals surface area contributed by atoms with E-state index in [0.29, 0.717) is 5.56 Å². The molecule has 0 saturated carbocycles. The zero-order chi connectivity index (χ0) is 29.3. The van der Waals surface area contributed by atoms with Crippen molar-refractivity contribution in [2.45, 2.75) is 51.7 Å². The molecule has 0 aliphatic rings. The summed E-state index contributed by atoms with van der Waals surface area (Å²) >= 11 is 0. The lowest BCUT2D eigenvalue weighted by atomic mass is 10.0. The summed E-state index contributed by atoms with van der Waals surface area (Å²) < 4.78 is 53.0. The summed E-state index contributed by atoms with van der Waals surface area (Å²) in [5, 5.41) is 2.90. The van der Waals surface area contributed by atoms with Gasteiger partial charge in [-0.3, -0.25) is 13.9 Å². The molecule has 40 heavy (non-hydrogen) atoms. The molecule has 3 aromatic rings. The number of carbonyl (C=O) groups excluding carboxylic acids is 2. The number of halogens is 2. The Labute approximate surface area is 234 Å². The number of anilines is 1. The minimum atomic E-state index is -3.70. The van der Waals surface area contributed by atoms with Crippen molar-refractivity contribution in [2.24, 2.45) is 0 Å². The Bertz CT molecular complexity index is 1370. The molecule has 0 fully saturated rings. The molecule has 3 aromatic carbocycles. The Morgan fingerprint density at radius 2 is 1.43 bits per heavy atom. The maximum absolute atomic E-state index is 13.7. The van der Waals surface area contributed by atoms with E-state index in [1.54, 1.807) is 12.1 Å². The monoisotopic (exact) mass is 571 g/mol. The molecule has 1 N–H and O–H groups in total. The topological polar surface area (TPSA) is 86.8 Å². The van der Waals surface area contributed by atoms with Crippen molar-refractivity contribution in [2.75, 3.05) is 17.1 Å². The van der Waals surface area contributed by atoms with Gasteiger partial charge in [0, 0.05) is 32.0 Å². The Morgan fingerprint density at radius 3 is 1.98 bits per heavy atom. The Kier molecular flexibility index (Phi) is 10.8. The lowest BCUT2D eigenvalue weighted by Crippen LogP contribution is -2.51. The van der Waals surface area contributed by atoms with Gasteiger partial charge < -0.3 is 10.2 Å². The highest BCUT2D eigenvalue weighted by Crippen LogP contribution is 2.21. The lowest BCUT2D eigenvalue weighted by molar-refractivity contribution is -0.141. The van der Waals surface area contributed by atoms with Crippen LogP contribution in [0.15, 0.2) is 78.9 Å². The van der Waals surface area contributed by atoms with Crippen molar-refractivity contribution < 1.29 is 26.8 Å². The van der Waals surface area contributed by atoms with Gasteiger partial charge >= 0.3 is 0 Å². The van der Waals surface area contributed by atoms with Crippen molar-refractivity contribution in [1.29, 1.82) is 0 Å². The largest absolute Gasteiger partial charge is 0.352 e. The maximum atomic E-state index is 13.7. The van der Waals surface area contributed by atoms with E-state index in [-0.39, 0.29) is 55.9 Å². The van der Waals surface area contributed by atoms with Crippen LogP contribution in [0.4, 0.5) is 14.5 Å². The molecule has 0 heterocycles. The highest BCUT2D eigenvalue weighted by Gasteiger charge is 2.31. The quantitative estimate of drug-likeness (QED) is 0.323. The van der Waals surface area contributed by atoms with Gasteiger partial charge in [0.1, 0.15) is 17.7 Å². The number of hydrogen-bond acceptors (Lipinski definition) is 4. The van der Waals surface area contributed by atoms with E-state index in [4.69, 9.17) is 0 Å². The number of carbonyl (C=O) groups is 2. The predicted molar refractivity (Wildman–Crippen MR) is 152 cm³/mol. The Balaban J connectivity index is 1.87. The first-order valence-electron chi connectivity index (χ1n) is 13.1. The maximum Gasteiger partial charge on any atom is 0.243 e. The molecule has 7 nitrogen and oxygen atoms in total. The van der Waals surface area contributed by atoms with Gasteiger partial charge in [-0.2, -0.15) is 0 Å². The van der Waals surface area contributed by atoms with Gasteiger partial charge in [0.05, 0.1) is 11.9 Å². The average molecular weight is 572 g/mol. The second-order valence-electron chi connectivity index (χ2n) is 9.93. The van der Waals surface area contributed by atoms with E-state index < -0.39 is 27.7 Å². The fourth-order valence-corrected chi connectivity index (χ4v) is 5.30. The second kappa shape index (κ2) is 14.0. The molecule has 1 atom stereocenters. The summed E-state index contributed by atoms with van der Waals surface area (Å²) in [7, 11) is -3.70. The highest BCUT2D eigenvalue weighted by atomic mass is 32.2. The van der Waals surface area contributed by atoms with Crippen molar-refractivity contribution in [1.82, 2.24) is 10.2 Å². The first-order chi connectivity index (χ1) is 18.9. The zero-order valence-electron chi connectivity index (χ0n) is 22.9. The molecule has 0 unspecified atom stereocenters. The summed E-state index contributed by atoms with van der Waals surface area (Å²) in [5.74, 6) is -1.58. The van der Waals surface area contributed by atoms with Crippen LogP contribution in [0.3, 0.4) is 0 Å². The standard InChI is InChI=1S/C30H35F2N3O4S/c1-22(2)33-30(37)28(20-23-8-5-4-6-9-23)34(21-24-11-13-25(31)14-12-24)29(36)10-7-19-35(40(3,38)39)27-17-15-26(32)16-18-27/h4-6,8-9,11-18,22,28H,7,10,19-21H2,1-3H3,(H,33,37)/t28-/m1/s1. The van der Waals surface area contributed by atoms with Gasteiger partial charge in [-0.05, 0) is 67.8 Å². The smallest absolute Gasteiger partial charge is 0.243 e. The molecule has 214 valence electrons. The predicted octanol–water partition coefficient (Wildman–Crippen LogP) is 4.68. The molecular formula is C30H35F2N3O4S. The third kappa shape index (κ3) is 9.15. The number of hydrogen-bond donors (Lipinski definition) is 1. The Morgan fingerprint density at radius 1 is 0.850 bits per heavy atom. The molecule has 0 aliphatic heterocycles. The van der Waals surface area contributed by atoms with Gasteiger partial charge in [-0.15, -0.1) is 0 Å². The van der Waals surface area contributed by atoms with Crippen molar-refractivity contribution in [3.63, 3.8) is 0 Å². The van der Waals surface area contributed by atoms with E-state index >= 15 is 0 Å². The third-order valence-corrected chi connectivity index (χ3v) is 7.43. The number of amides is 2. The summed E-state index contributed by atoms with van der Waals surface area (Å²) in [6, 6.07) is 19.1.